The summed E-state index contributed by atoms with van der Waals surface area (Å²) < 4.78 is 41.9. The molecular weight excluding hydrogens is 474 g/mol. The Morgan fingerprint density at radius 2 is 1.76 bits per heavy atom. The van der Waals surface area contributed by atoms with E-state index >= 15 is 0 Å². The molecule has 29 heavy (non-hydrogen) atoms. The van der Waals surface area contributed by atoms with E-state index in [1.165, 1.54) is 12.1 Å². The van der Waals surface area contributed by atoms with Crippen molar-refractivity contribution >= 4 is 24.0 Å². The maximum Gasteiger partial charge on any atom is 0.573 e. The number of anilines is 1. The molecule has 2 aromatic carbocycles. The van der Waals surface area contributed by atoms with E-state index in [2.05, 4.69) is 49.2 Å². The Morgan fingerprint density at radius 3 is 2.28 bits per heavy atom. The summed E-state index contributed by atoms with van der Waals surface area (Å²) in [5.41, 5.74) is 1.96. The van der Waals surface area contributed by atoms with Crippen molar-refractivity contribution in [3.63, 3.8) is 0 Å². The van der Waals surface area contributed by atoms with Gasteiger partial charge in [-0.2, -0.15) is 18.2 Å². The van der Waals surface area contributed by atoms with Crippen molar-refractivity contribution in [3.05, 3.63) is 48.5 Å². The third kappa shape index (κ3) is 7.78. The fraction of sp³-hybridized carbons (Fsp3) is 0.429. The first-order valence-electron chi connectivity index (χ1n) is 9.33. The number of hydrogen-bond donors (Lipinski definition) is 1. The predicted molar refractivity (Wildman–Crippen MR) is 111 cm³/mol. The summed E-state index contributed by atoms with van der Waals surface area (Å²) in [6, 6.07) is 14.9. The van der Waals surface area contributed by atoms with Crippen molar-refractivity contribution in [2.75, 3.05) is 31.7 Å². The SMILES string of the molecule is CCCN(C[N+](C)(CCC)c1ccc(OC(F)(F)F)cc1)c1cc[c-]cc1S.[Y]. The number of quaternary nitrogens is 1. The second-order valence-corrected chi connectivity index (χ2v) is 7.46. The fourth-order valence-corrected chi connectivity index (χ4v) is 3.67. The summed E-state index contributed by atoms with van der Waals surface area (Å²) in [7, 11) is 2.10. The smallest absolute Gasteiger partial charge is 0.406 e. The molecule has 157 valence electrons. The molecule has 2 aromatic rings. The van der Waals surface area contributed by atoms with Gasteiger partial charge in [-0.15, -0.1) is 19.2 Å². The first-order chi connectivity index (χ1) is 13.2. The van der Waals surface area contributed by atoms with E-state index in [4.69, 9.17) is 0 Å². The van der Waals surface area contributed by atoms with Crippen LogP contribution in [0.2, 0.25) is 0 Å². The molecule has 0 aliphatic heterocycles. The average Bonchev–Trinajstić information content (AvgIpc) is 2.61. The maximum atomic E-state index is 12.4. The van der Waals surface area contributed by atoms with Crippen molar-refractivity contribution in [3.8, 4) is 5.75 Å². The van der Waals surface area contributed by atoms with Crippen molar-refractivity contribution < 1.29 is 50.6 Å². The number of thiol groups is 1. The average molecular weight is 501 g/mol. The number of ether oxygens (including phenoxy) is 1. The van der Waals surface area contributed by atoms with Gasteiger partial charge in [0.05, 0.1) is 13.6 Å². The standard InChI is InChI=1S/C21H27F3N2OS.Y/c1-4-14-25(19-8-6-7-9-20(19)28)16-26(3,15-5-2)17-10-12-18(13-11-17)27-21(22,23)24;/h6,8-13,28H,4-5,14-16H2,1-3H3;. The van der Waals surface area contributed by atoms with Gasteiger partial charge >= 0.3 is 6.36 Å². The van der Waals surface area contributed by atoms with Crippen LogP contribution in [0.5, 0.6) is 5.75 Å². The second kappa shape index (κ2) is 11.6. The molecule has 0 fully saturated rings. The normalized spacial score (nSPS) is 13.3. The maximum absolute atomic E-state index is 12.4. The van der Waals surface area contributed by atoms with Crippen LogP contribution >= 0.6 is 12.6 Å². The van der Waals surface area contributed by atoms with Crippen LogP contribution in [0.15, 0.2) is 47.4 Å². The molecule has 0 aliphatic carbocycles. The van der Waals surface area contributed by atoms with Gasteiger partial charge in [-0.1, -0.05) is 24.4 Å². The molecule has 3 nitrogen and oxygen atoms in total. The van der Waals surface area contributed by atoms with Crippen LogP contribution in [0.25, 0.3) is 0 Å². The minimum atomic E-state index is -4.69. The molecule has 0 saturated heterocycles. The molecule has 1 unspecified atom stereocenters. The van der Waals surface area contributed by atoms with Gasteiger partial charge < -0.3 is 9.64 Å². The number of halogens is 3. The zero-order valence-corrected chi connectivity index (χ0v) is 20.8. The molecule has 0 saturated carbocycles. The van der Waals surface area contributed by atoms with E-state index in [0.29, 0.717) is 11.2 Å². The minimum absolute atomic E-state index is 0. The fourth-order valence-electron chi connectivity index (χ4n) is 3.38. The molecule has 8 heteroatoms. The molecule has 0 aromatic heterocycles. The zero-order valence-electron chi connectivity index (χ0n) is 17.0. The van der Waals surface area contributed by atoms with Crippen molar-refractivity contribution in [1.82, 2.24) is 4.48 Å². The van der Waals surface area contributed by atoms with Crippen LogP contribution in [0, 0.1) is 6.07 Å². The number of rotatable bonds is 9. The van der Waals surface area contributed by atoms with Crippen LogP contribution in [-0.2, 0) is 32.7 Å². The molecule has 1 radical (unpaired) electrons. The van der Waals surface area contributed by atoms with E-state index in [0.717, 1.165) is 42.2 Å². The summed E-state index contributed by atoms with van der Waals surface area (Å²) in [5.74, 6) is -0.207. The van der Waals surface area contributed by atoms with E-state index in [-0.39, 0.29) is 38.5 Å². The summed E-state index contributed by atoms with van der Waals surface area (Å²) in [4.78, 5) is 3.12. The number of nitrogens with zero attached hydrogens (tertiary/aromatic N) is 2. The quantitative estimate of drug-likeness (QED) is 0.199. The van der Waals surface area contributed by atoms with E-state index in [1.54, 1.807) is 12.1 Å². The van der Waals surface area contributed by atoms with E-state index in [1.807, 2.05) is 18.2 Å². The second-order valence-electron chi connectivity index (χ2n) is 6.98. The molecule has 1 atom stereocenters. The van der Waals surface area contributed by atoms with Gasteiger partial charge in [0.1, 0.15) is 11.4 Å². The molecule has 0 spiro atoms. The third-order valence-corrected chi connectivity index (χ3v) is 4.91. The summed E-state index contributed by atoms with van der Waals surface area (Å²) in [5, 5.41) is 0. The first-order valence-corrected chi connectivity index (χ1v) is 9.78. The largest absolute Gasteiger partial charge is 0.573 e. The minimum Gasteiger partial charge on any atom is -0.406 e. The van der Waals surface area contributed by atoms with Gasteiger partial charge in [0, 0.05) is 51.4 Å². The molecule has 0 bridgehead atoms. The van der Waals surface area contributed by atoms with E-state index in [9.17, 15) is 13.2 Å². The van der Waals surface area contributed by atoms with E-state index < -0.39 is 6.36 Å². The molecule has 0 N–H and O–H groups in total. The Labute approximate surface area is 202 Å². The monoisotopic (exact) mass is 501 g/mol. The Kier molecular flexibility index (Phi) is 10.5. The Morgan fingerprint density at radius 1 is 1.10 bits per heavy atom. The van der Waals surface area contributed by atoms with Crippen LogP contribution in [-0.4, -0.2) is 33.2 Å². The van der Waals surface area contributed by atoms with Gasteiger partial charge in [0.15, 0.2) is 6.67 Å². The summed E-state index contributed by atoms with van der Waals surface area (Å²) in [6.45, 7) is 6.60. The van der Waals surface area contributed by atoms with Crippen molar-refractivity contribution in [1.29, 1.82) is 0 Å². The number of benzene rings is 2. The van der Waals surface area contributed by atoms with Gasteiger partial charge in [-0.3, -0.25) is 4.48 Å². The van der Waals surface area contributed by atoms with Gasteiger partial charge in [-0.05, 0) is 25.0 Å². The Balaban J connectivity index is 0.00000420. The van der Waals surface area contributed by atoms with Crippen molar-refractivity contribution in [2.45, 2.75) is 37.9 Å². The van der Waals surface area contributed by atoms with Gasteiger partial charge in [0.25, 0.3) is 0 Å². The summed E-state index contributed by atoms with van der Waals surface area (Å²) >= 11 is 4.57. The van der Waals surface area contributed by atoms with Crippen LogP contribution in [0.1, 0.15) is 26.7 Å². The van der Waals surface area contributed by atoms with Gasteiger partial charge in [-0.25, -0.2) is 12.6 Å². The molecule has 0 heterocycles. The predicted octanol–water partition coefficient (Wildman–Crippen LogP) is 5.89. The van der Waals surface area contributed by atoms with Gasteiger partial charge in [0.2, 0.25) is 0 Å². The van der Waals surface area contributed by atoms with Crippen LogP contribution < -0.4 is 14.1 Å². The third-order valence-electron chi connectivity index (χ3n) is 4.55. The summed E-state index contributed by atoms with van der Waals surface area (Å²) in [6.07, 6.45) is -2.78. The van der Waals surface area contributed by atoms with Crippen molar-refractivity contribution in [2.24, 2.45) is 0 Å². The number of alkyl halides is 3. The first kappa shape index (κ1) is 26.3. The number of hydrogen-bond acceptors (Lipinski definition) is 3. The van der Waals surface area contributed by atoms with Crippen LogP contribution in [0.4, 0.5) is 24.5 Å². The molecule has 0 aliphatic rings. The Bertz CT molecular complexity index is 758. The Hall–Kier alpha value is -0.756. The zero-order chi connectivity index (χ0) is 20.8. The molecular formula is C21H27F3N2OSY. The topological polar surface area (TPSA) is 12.5 Å². The molecule has 2 rings (SSSR count). The molecule has 0 amide bonds. The van der Waals surface area contributed by atoms with Crippen LogP contribution in [0.3, 0.4) is 0 Å².